The Morgan fingerprint density at radius 1 is 1.24 bits per heavy atom. The predicted molar refractivity (Wildman–Crippen MR) is 77.2 cm³/mol. The lowest BCUT2D eigenvalue weighted by Gasteiger charge is -2.10. The molecule has 0 aromatic heterocycles. The van der Waals surface area contributed by atoms with Crippen molar-refractivity contribution in [1.82, 2.24) is 5.32 Å². The molecule has 0 saturated carbocycles. The zero-order chi connectivity index (χ0) is 13.7. The van der Waals surface area contributed by atoms with Crippen LogP contribution in [0.15, 0.2) is 22.8 Å². The lowest BCUT2D eigenvalue weighted by atomic mass is 10.0. The maximum absolute atomic E-state index is 11.4. The van der Waals surface area contributed by atoms with Crippen LogP contribution in [-0.4, -0.2) is 12.5 Å². The Morgan fingerprint density at radius 3 is 2.24 bits per heavy atom. The van der Waals surface area contributed by atoms with E-state index in [1.54, 1.807) is 12.2 Å². The van der Waals surface area contributed by atoms with Gasteiger partial charge in [-0.15, -0.1) is 0 Å². The highest BCUT2D eigenvalue weighted by atomic mass is 35.5. The van der Waals surface area contributed by atoms with Gasteiger partial charge in [-0.1, -0.05) is 52.3 Å². The quantitative estimate of drug-likeness (QED) is 0.799. The number of amides is 1. The fourth-order valence-electron chi connectivity index (χ4n) is 1.15. The summed E-state index contributed by atoms with van der Waals surface area (Å²) < 4.78 is 0. The molecule has 0 heterocycles. The van der Waals surface area contributed by atoms with Crippen LogP contribution in [0.1, 0.15) is 53.9 Å². The molecule has 1 N–H and O–H groups in total. The van der Waals surface area contributed by atoms with Gasteiger partial charge >= 0.3 is 0 Å². The number of rotatable bonds is 3. The van der Waals surface area contributed by atoms with Crippen LogP contribution >= 0.6 is 11.6 Å². The van der Waals surface area contributed by atoms with Crippen molar-refractivity contribution in [3.8, 4) is 0 Å². The molecule has 2 nitrogen and oxygen atoms in total. The molecule has 0 radical (unpaired) electrons. The summed E-state index contributed by atoms with van der Waals surface area (Å²) in [7, 11) is 0. The second-order valence-corrected chi connectivity index (χ2v) is 3.55. The molecule has 3 heteroatoms. The molecule has 1 aliphatic rings. The van der Waals surface area contributed by atoms with Crippen molar-refractivity contribution < 1.29 is 4.79 Å². The number of carbonyl (C=O) groups excluding carboxylic acids is 1. The molecule has 0 unspecified atom stereocenters. The Morgan fingerprint density at radius 2 is 1.82 bits per heavy atom. The van der Waals surface area contributed by atoms with Gasteiger partial charge in [0.05, 0.1) is 0 Å². The Balaban J connectivity index is 0. The van der Waals surface area contributed by atoms with Crippen LogP contribution < -0.4 is 5.32 Å². The topological polar surface area (TPSA) is 29.1 Å². The average Bonchev–Trinajstić information content (AvgIpc) is 2.41. The molecule has 0 aliphatic heterocycles. The van der Waals surface area contributed by atoms with E-state index in [1.165, 1.54) is 0 Å². The van der Waals surface area contributed by atoms with E-state index in [-0.39, 0.29) is 5.91 Å². The summed E-state index contributed by atoms with van der Waals surface area (Å²) in [5, 5.41) is 3.66. The molecule has 0 bridgehead atoms. The van der Waals surface area contributed by atoms with Gasteiger partial charge in [-0.25, -0.2) is 0 Å². The maximum Gasteiger partial charge on any atom is 0.247 e. The molecule has 1 aliphatic carbocycles. The fourth-order valence-corrected chi connectivity index (χ4v) is 1.31. The van der Waals surface area contributed by atoms with Crippen LogP contribution in [0, 0.1) is 0 Å². The maximum atomic E-state index is 11.4. The summed E-state index contributed by atoms with van der Waals surface area (Å²) in [6.45, 7) is 10.8. The largest absolute Gasteiger partial charge is 0.352 e. The number of hydrogen-bond acceptors (Lipinski definition) is 1. The van der Waals surface area contributed by atoms with E-state index in [9.17, 15) is 4.79 Å². The van der Waals surface area contributed by atoms with Gasteiger partial charge in [-0.2, -0.15) is 0 Å². The summed E-state index contributed by atoms with van der Waals surface area (Å²) in [6, 6.07) is 0. The van der Waals surface area contributed by atoms with E-state index in [1.807, 2.05) is 34.6 Å². The first-order valence-electron chi connectivity index (χ1n) is 6.57. The zero-order valence-corrected chi connectivity index (χ0v) is 12.5. The summed E-state index contributed by atoms with van der Waals surface area (Å²) in [5.74, 6) is 0.0438. The van der Waals surface area contributed by atoms with E-state index >= 15 is 0 Å². The third-order valence-corrected chi connectivity index (χ3v) is 2.24. The lowest BCUT2D eigenvalue weighted by Crippen LogP contribution is -2.26. The summed E-state index contributed by atoms with van der Waals surface area (Å²) in [6.07, 6.45) is 6.11. The van der Waals surface area contributed by atoms with Gasteiger partial charge in [-0.05, 0) is 25.3 Å². The average molecular weight is 260 g/mol. The van der Waals surface area contributed by atoms with Crippen molar-refractivity contribution in [3.63, 3.8) is 0 Å². The van der Waals surface area contributed by atoms with Gasteiger partial charge in [-0.3, -0.25) is 4.79 Å². The number of nitrogens with one attached hydrogen (secondary N) is 1. The fraction of sp³-hybridized carbons (Fsp3) is 0.643. The van der Waals surface area contributed by atoms with Crippen molar-refractivity contribution in [2.75, 3.05) is 6.54 Å². The van der Waals surface area contributed by atoms with Gasteiger partial charge in [0.2, 0.25) is 5.91 Å². The van der Waals surface area contributed by atoms with Crippen LogP contribution in [-0.2, 0) is 4.79 Å². The summed E-state index contributed by atoms with van der Waals surface area (Å²) in [4.78, 5) is 11.4. The molecule has 0 aromatic carbocycles. The molecule has 0 aromatic rings. The van der Waals surface area contributed by atoms with Crippen molar-refractivity contribution >= 4 is 17.5 Å². The Labute approximate surface area is 111 Å². The molecule has 17 heavy (non-hydrogen) atoms. The van der Waals surface area contributed by atoms with Gasteiger partial charge in [0.25, 0.3) is 0 Å². The normalized spacial score (nSPS) is 13.1. The molecule has 1 rings (SSSR count). The van der Waals surface area contributed by atoms with Crippen molar-refractivity contribution in [3.05, 3.63) is 22.8 Å². The SMILES string of the molecule is CC.CC.CCCNC(=O)C1=CC=C(Cl)CC1. The van der Waals surface area contributed by atoms with Crippen molar-refractivity contribution in [2.24, 2.45) is 0 Å². The molecule has 100 valence electrons. The number of allylic oxidation sites excluding steroid dienone is 3. The van der Waals surface area contributed by atoms with Crippen LogP contribution in [0.5, 0.6) is 0 Å². The van der Waals surface area contributed by atoms with Crippen LogP contribution in [0.3, 0.4) is 0 Å². The predicted octanol–water partition coefficient (Wildman–Crippen LogP) is 4.41. The molecular formula is C14H26ClNO. The van der Waals surface area contributed by atoms with Gasteiger partial charge in [0.1, 0.15) is 0 Å². The van der Waals surface area contributed by atoms with E-state index in [0.29, 0.717) is 0 Å². The molecular weight excluding hydrogens is 234 g/mol. The van der Waals surface area contributed by atoms with Gasteiger partial charge < -0.3 is 5.32 Å². The van der Waals surface area contributed by atoms with Gasteiger partial charge in [0, 0.05) is 17.2 Å². The summed E-state index contributed by atoms with van der Waals surface area (Å²) in [5.41, 5.74) is 0.831. The van der Waals surface area contributed by atoms with E-state index in [4.69, 9.17) is 11.6 Å². The van der Waals surface area contributed by atoms with E-state index < -0.39 is 0 Å². The smallest absolute Gasteiger partial charge is 0.247 e. The third-order valence-electron chi connectivity index (χ3n) is 1.93. The second kappa shape index (κ2) is 13.3. The van der Waals surface area contributed by atoms with E-state index in [0.717, 1.165) is 36.4 Å². The molecule has 1 amide bonds. The highest BCUT2D eigenvalue weighted by Crippen LogP contribution is 2.20. The zero-order valence-electron chi connectivity index (χ0n) is 11.8. The first-order valence-corrected chi connectivity index (χ1v) is 6.95. The molecule has 0 saturated heterocycles. The van der Waals surface area contributed by atoms with Crippen molar-refractivity contribution in [1.29, 1.82) is 0 Å². The second-order valence-electron chi connectivity index (χ2n) is 3.06. The molecule has 0 fully saturated rings. The van der Waals surface area contributed by atoms with Gasteiger partial charge in [0.15, 0.2) is 0 Å². The standard InChI is InChI=1S/C10H14ClNO.2C2H6/c1-2-7-12-10(13)8-3-5-9(11)6-4-8;2*1-2/h3,5H,2,4,6-7H2,1H3,(H,12,13);2*1-2H3. The Kier molecular flexibility index (Phi) is 14.6. The van der Waals surface area contributed by atoms with E-state index in [2.05, 4.69) is 5.32 Å². The molecule has 0 spiro atoms. The third kappa shape index (κ3) is 8.99. The Hall–Kier alpha value is -0.760. The summed E-state index contributed by atoms with van der Waals surface area (Å²) >= 11 is 5.78. The highest BCUT2D eigenvalue weighted by Gasteiger charge is 2.11. The minimum atomic E-state index is 0.0438. The van der Waals surface area contributed by atoms with Crippen LogP contribution in [0.2, 0.25) is 0 Å². The van der Waals surface area contributed by atoms with Crippen LogP contribution in [0.25, 0.3) is 0 Å². The van der Waals surface area contributed by atoms with Crippen LogP contribution in [0.4, 0.5) is 0 Å². The first kappa shape index (κ1) is 18.6. The number of halogens is 1. The highest BCUT2D eigenvalue weighted by molar-refractivity contribution is 6.29. The van der Waals surface area contributed by atoms with Crippen molar-refractivity contribution in [2.45, 2.75) is 53.9 Å². The minimum Gasteiger partial charge on any atom is -0.352 e. The number of carbonyl (C=O) groups is 1. The minimum absolute atomic E-state index is 0.0438. The first-order chi connectivity index (χ1) is 8.24. The number of hydrogen-bond donors (Lipinski definition) is 1. The lowest BCUT2D eigenvalue weighted by molar-refractivity contribution is -0.117. The molecule has 0 atom stereocenters. The monoisotopic (exact) mass is 259 g/mol. The Bertz CT molecular complexity index is 257.